The molecule has 0 spiro atoms. The predicted molar refractivity (Wildman–Crippen MR) is 71.2 cm³/mol. The quantitative estimate of drug-likeness (QED) is 0.791. The van der Waals surface area contributed by atoms with Crippen LogP contribution in [0, 0.1) is 19.8 Å². The van der Waals surface area contributed by atoms with Gasteiger partial charge in [0.1, 0.15) is 5.82 Å². The number of aryl methyl sites for hydroxylation is 2. The number of rotatable bonds is 5. The standard InChI is InChI=1S/C14H23N3/c1-11-10-16-12(2)14(17-11)15-9-5-8-13-6-3-4-7-13/h10,13H,3-9H2,1-2H3,(H,15,17). The lowest BCUT2D eigenvalue weighted by molar-refractivity contribution is 0.491. The molecule has 0 bridgehead atoms. The van der Waals surface area contributed by atoms with Gasteiger partial charge >= 0.3 is 0 Å². The van der Waals surface area contributed by atoms with E-state index in [9.17, 15) is 0 Å². The zero-order valence-electron chi connectivity index (χ0n) is 11.0. The van der Waals surface area contributed by atoms with Gasteiger partial charge in [-0.2, -0.15) is 0 Å². The van der Waals surface area contributed by atoms with Gasteiger partial charge in [0.15, 0.2) is 0 Å². The van der Waals surface area contributed by atoms with Crippen molar-refractivity contribution in [2.75, 3.05) is 11.9 Å². The molecule has 0 amide bonds. The highest BCUT2D eigenvalue weighted by atomic mass is 15.0. The second kappa shape index (κ2) is 5.99. The molecular weight excluding hydrogens is 210 g/mol. The van der Waals surface area contributed by atoms with E-state index in [2.05, 4.69) is 15.3 Å². The molecule has 2 rings (SSSR count). The van der Waals surface area contributed by atoms with Crippen LogP contribution in [0.25, 0.3) is 0 Å². The van der Waals surface area contributed by atoms with Gasteiger partial charge in [-0.05, 0) is 32.6 Å². The summed E-state index contributed by atoms with van der Waals surface area (Å²) in [7, 11) is 0. The summed E-state index contributed by atoms with van der Waals surface area (Å²) < 4.78 is 0. The first kappa shape index (κ1) is 12.3. The van der Waals surface area contributed by atoms with Gasteiger partial charge in [-0.15, -0.1) is 0 Å². The van der Waals surface area contributed by atoms with Crippen LogP contribution in [0.3, 0.4) is 0 Å². The Bertz CT molecular complexity index is 356. The molecule has 0 aromatic carbocycles. The highest BCUT2D eigenvalue weighted by Crippen LogP contribution is 2.28. The summed E-state index contributed by atoms with van der Waals surface area (Å²) in [6, 6.07) is 0. The number of nitrogens with zero attached hydrogens (tertiary/aromatic N) is 2. The van der Waals surface area contributed by atoms with E-state index in [1.54, 1.807) is 0 Å². The molecule has 0 atom stereocenters. The van der Waals surface area contributed by atoms with Crippen LogP contribution in [0.2, 0.25) is 0 Å². The molecule has 3 nitrogen and oxygen atoms in total. The van der Waals surface area contributed by atoms with Crippen LogP contribution in [0.15, 0.2) is 6.20 Å². The van der Waals surface area contributed by atoms with Gasteiger partial charge in [-0.3, -0.25) is 4.98 Å². The lowest BCUT2D eigenvalue weighted by Crippen LogP contribution is -2.08. The maximum atomic E-state index is 4.47. The Kier molecular flexibility index (Phi) is 4.35. The fourth-order valence-corrected chi connectivity index (χ4v) is 2.60. The SMILES string of the molecule is Cc1cnc(C)c(NCCCC2CCCC2)n1. The van der Waals surface area contributed by atoms with Gasteiger partial charge in [0.05, 0.1) is 11.4 Å². The second-order valence-electron chi connectivity index (χ2n) is 5.16. The van der Waals surface area contributed by atoms with Crippen molar-refractivity contribution in [3.8, 4) is 0 Å². The predicted octanol–water partition coefficient (Wildman–Crippen LogP) is 3.48. The summed E-state index contributed by atoms with van der Waals surface area (Å²) in [6.45, 7) is 5.01. The van der Waals surface area contributed by atoms with E-state index in [0.717, 1.165) is 29.7 Å². The highest BCUT2D eigenvalue weighted by molar-refractivity contribution is 5.39. The average Bonchev–Trinajstić information content (AvgIpc) is 2.82. The maximum Gasteiger partial charge on any atom is 0.147 e. The number of hydrogen-bond donors (Lipinski definition) is 1. The minimum atomic E-state index is 0.955. The van der Waals surface area contributed by atoms with E-state index in [1.165, 1.54) is 38.5 Å². The zero-order chi connectivity index (χ0) is 12.1. The first-order chi connectivity index (χ1) is 8.25. The molecule has 0 saturated heterocycles. The molecule has 94 valence electrons. The summed E-state index contributed by atoms with van der Waals surface area (Å²) in [5, 5.41) is 3.40. The Labute approximate surface area is 104 Å². The van der Waals surface area contributed by atoms with Crippen molar-refractivity contribution in [2.24, 2.45) is 5.92 Å². The maximum absolute atomic E-state index is 4.47. The molecule has 17 heavy (non-hydrogen) atoms. The normalized spacial score (nSPS) is 16.4. The molecule has 1 saturated carbocycles. The topological polar surface area (TPSA) is 37.8 Å². The minimum absolute atomic E-state index is 0.955. The summed E-state index contributed by atoms with van der Waals surface area (Å²) in [5.74, 6) is 1.94. The smallest absolute Gasteiger partial charge is 0.147 e. The van der Waals surface area contributed by atoms with Gasteiger partial charge in [0.2, 0.25) is 0 Å². The Morgan fingerprint density at radius 1 is 1.29 bits per heavy atom. The van der Waals surface area contributed by atoms with Gasteiger partial charge < -0.3 is 5.32 Å². The van der Waals surface area contributed by atoms with Crippen molar-refractivity contribution in [3.63, 3.8) is 0 Å². The summed E-state index contributed by atoms with van der Waals surface area (Å²) in [5.41, 5.74) is 1.98. The Morgan fingerprint density at radius 2 is 2.06 bits per heavy atom. The van der Waals surface area contributed by atoms with Crippen LogP contribution in [0.5, 0.6) is 0 Å². The molecule has 1 heterocycles. The van der Waals surface area contributed by atoms with E-state index < -0.39 is 0 Å². The third-order valence-electron chi connectivity index (χ3n) is 3.63. The van der Waals surface area contributed by atoms with E-state index in [4.69, 9.17) is 0 Å². The molecule has 1 aromatic heterocycles. The van der Waals surface area contributed by atoms with Gasteiger partial charge in [-0.25, -0.2) is 4.98 Å². The molecule has 0 aliphatic heterocycles. The Hall–Kier alpha value is -1.12. The fourth-order valence-electron chi connectivity index (χ4n) is 2.60. The Balaban J connectivity index is 1.72. The average molecular weight is 233 g/mol. The molecule has 1 N–H and O–H groups in total. The van der Waals surface area contributed by atoms with Crippen LogP contribution in [-0.4, -0.2) is 16.5 Å². The monoisotopic (exact) mass is 233 g/mol. The summed E-state index contributed by atoms with van der Waals surface area (Å²) in [6.07, 6.45) is 10.2. The van der Waals surface area contributed by atoms with Crippen LogP contribution >= 0.6 is 0 Å². The fraction of sp³-hybridized carbons (Fsp3) is 0.714. The molecule has 1 aliphatic rings. The van der Waals surface area contributed by atoms with Crippen molar-refractivity contribution in [2.45, 2.75) is 52.4 Å². The Morgan fingerprint density at radius 3 is 2.82 bits per heavy atom. The largest absolute Gasteiger partial charge is 0.369 e. The second-order valence-corrected chi connectivity index (χ2v) is 5.16. The number of anilines is 1. The molecule has 1 fully saturated rings. The van der Waals surface area contributed by atoms with E-state index >= 15 is 0 Å². The molecule has 0 radical (unpaired) electrons. The van der Waals surface area contributed by atoms with Crippen molar-refractivity contribution < 1.29 is 0 Å². The molecule has 3 heteroatoms. The molecule has 1 aromatic rings. The minimum Gasteiger partial charge on any atom is -0.369 e. The van der Waals surface area contributed by atoms with Crippen LogP contribution in [0.4, 0.5) is 5.82 Å². The van der Waals surface area contributed by atoms with Gasteiger partial charge in [-0.1, -0.05) is 25.7 Å². The van der Waals surface area contributed by atoms with E-state index in [1.807, 2.05) is 20.0 Å². The molecule has 0 unspecified atom stereocenters. The summed E-state index contributed by atoms with van der Waals surface area (Å²) in [4.78, 5) is 8.78. The van der Waals surface area contributed by atoms with Crippen molar-refractivity contribution in [1.82, 2.24) is 9.97 Å². The lowest BCUT2D eigenvalue weighted by atomic mass is 10.0. The third-order valence-corrected chi connectivity index (χ3v) is 3.63. The van der Waals surface area contributed by atoms with Gasteiger partial charge in [0.25, 0.3) is 0 Å². The summed E-state index contributed by atoms with van der Waals surface area (Å²) >= 11 is 0. The van der Waals surface area contributed by atoms with Crippen LogP contribution in [-0.2, 0) is 0 Å². The zero-order valence-corrected chi connectivity index (χ0v) is 11.0. The lowest BCUT2D eigenvalue weighted by Gasteiger charge is -2.11. The van der Waals surface area contributed by atoms with Crippen LogP contribution in [0.1, 0.15) is 49.9 Å². The third kappa shape index (κ3) is 3.69. The van der Waals surface area contributed by atoms with E-state index in [0.29, 0.717) is 0 Å². The number of nitrogens with one attached hydrogen (secondary N) is 1. The van der Waals surface area contributed by atoms with Crippen molar-refractivity contribution in [1.29, 1.82) is 0 Å². The highest BCUT2D eigenvalue weighted by Gasteiger charge is 2.13. The van der Waals surface area contributed by atoms with Crippen molar-refractivity contribution >= 4 is 5.82 Å². The number of aromatic nitrogens is 2. The first-order valence-corrected chi connectivity index (χ1v) is 6.80. The number of hydrogen-bond acceptors (Lipinski definition) is 3. The van der Waals surface area contributed by atoms with Gasteiger partial charge in [0, 0.05) is 12.7 Å². The van der Waals surface area contributed by atoms with E-state index in [-0.39, 0.29) is 0 Å². The van der Waals surface area contributed by atoms with Crippen molar-refractivity contribution in [3.05, 3.63) is 17.6 Å². The first-order valence-electron chi connectivity index (χ1n) is 6.80. The van der Waals surface area contributed by atoms with Crippen LogP contribution < -0.4 is 5.32 Å². The molecular formula is C14H23N3. The molecule has 1 aliphatic carbocycles.